The highest BCUT2D eigenvalue weighted by atomic mass is 35.5. The number of carbonyl (C=O) groups is 2. The number of hydrogen-bond acceptors (Lipinski definition) is 4. The van der Waals surface area contributed by atoms with Crippen LogP contribution in [-0.2, 0) is 22.8 Å². The Morgan fingerprint density at radius 3 is 2.69 bits per heavy atom. The lowest BCUT2D eigenvalue weighted by molar-refractivity contribution is -0.147. The van der Waals surface area contributed by atoms with Crippen molar-refractivity contribution in [2.24, 2.45) is 13.0 Å². The fraction of sp³-hybridized carbons (Fsp3) is 0.400. The summed E-state index contributed by atoms with van der Waals surface area (Å²) in [6.07, 6.45) is 0.0552. The Balaban J connectivity index is 2.36. The third-order valence-electron chi connectivity index (χ3n) is 3.46. The lowest BCUT2D eigenvalue weighted by Crippen LogP contribution is -2.52. The first-order valence-electron chi connectivity index (χ1n) is 7.33. The summed E-state index contributed by atoms with van der Waals surface area (Å²) in [4.78, 5) is 22.7. The van der Waals surface area contributed by atoms with Gasteiger partial charge in [0.15, 0.2) is 10.7 Å². The van der Waals surface area contributed by atoms with Gasteiger partial charge in [0.05, 0.1) is 12.2 Å². The summed E-state index contributed by atoms with van der Waals surface area (Å²) < 4.78 is 44.9. The minimum Gasteiger partial charge on any atom is -0.465 e. The van der Waals surface area contributed by atoms with Crippen LogP contribution < -0.4 is 5.32 Å². The van der Waals surface area contributed by atoms with Gasteiger partial charge < -0.3 is 10.1 Å². The molecular formula is C15H14Cl2F3N3O3. The molecule has 0 aromatic carbocycles. The van der Waals surface area contributed by atoms with Gasteiger partial charge in [-0.05, 0) is 19.1 Å². The Labute approximate surface area is 156 Å². The first-order chi connectivity index (χ1) is 12.0. The normalized spacial score (nSPS) is 22.7. The molecule has 0 saturated carbocycles. The lowest BCUT2D eigenvalue weighted by atomic mass is 9.93. The zero-order valence-electron chi connectivity index (χ0n) is 13.6. The maximum atomic E-state index is 13.1. The van der Waals surface area contributed by atoms with E-state index in [4.69, 9.17) is 27.9 Å². The van der Waals surface area contributed by atoms with Gasteiger partial charge in [0.1, 0.15) is 5.92 Å². The number of ether oxygens (including phenoxy) is 1. The molecule has 142 valence electrons. The van der Waals surface area contributed by atoms with E-state index in [9.17, 15) is 22.8 Å². The molecule has 1 aromatic rings. The highest BCUT2D eigenvalue weighted by Crippen LogP contribution is 2.38. The molecule has 0 aliphatic heterocycles. The summed E-state index contributed by atoms with van der Waals surface area (Å²) in [5.41, 5.74) is -2.10. The summed E-state index contributed by atoms with van der Waals surface area (Å²) in [7, 11) is 1.24. The van der Waals surface area contributed by atoms with Crippen molar-refractivity contribution in [3.8, 4) is 0 Å². The van der Waals surface area contributed by atoms with E-state index in [2.05, 4.69) is 10.4 Å². The smallest absolute Gasteiger partial charge is 0.435 e. The van der Waals surface area contributed by atoms with Crippen molar-refractivity contribution in [2.75, 3.05) is 6.61 Å². The standard InChI is InChI=1S/C15H14Cl2F3N3O3/c1-3-26-13(25)10-9(16)5-4-6-14(10,17)21-12(24)8-7-23(2)22-11(8)15(18,19)20/h4-7,10H,3H2,1-2H3,(H,21,24). The molecule has 2 rings (SSSR count). The summed E-state index contributed by atoms with van der Waals surface area (Å²) in [6.45, 7) is 1.60. The number of aryl methyl sites for hydroxylation is 1. The third kappa shape index (κ3) is 4.04. The van der Waals surface area contributed by atoms with E-state index in [1.54, 1.807) is 6.92 Å². The molecule has 1 N–H and O–H groups in total. The number of nitrogens with zero attached hydrogens (tertiary/aromatic N) is 2. The van der Waals surface area contributed by atoms with Gasteiger partial charge in [0, 0.05) is 18.3 Å². The van der Waals surface area contributed by atoms with Gasteiger partial charge >= 0.3 is 12.1 Å². The first kappa shape index (κ1) is 20.3. The second-order valence-electron chi connectivity index (χ2n) is 5.38. The number of halogens is 5. The van der Waals surface area contributed by atoms with Crippen molar-refractivity contribution in [2.45, 2.75) is 18.1 Å². The number of aromatic nitrogens is 2. The molecule has 1 aromatic heterocycles. The number of hydrogen-bond donors (Lipinski definition) is 1. The fourth-order valence-corrected chi connectivity index (χ4v) is 3.16. The zero-order chi connectivity index (χ0) is 19.7. The van der Waals surface area contributed by atoms with E-state index < -0.39 is 40.2 Å². The molecule has 1 amide bonds. The molecule has 2 atom stereocenters. The van der Waals surface area contributed by atoms with Gasteiger partial charge in [-0.2, -0.15) is 18.3 Å². The molecule has 0 fully saturated rings. The monoisotopic (exact) mass is 411 g/mol. The second-order valence-corrected chi connectivity index (χ2v) is 6.44. The van der Waals surface area contributed by atoms with Crippen LogP contribution in [0.25, 0.3) is 0 Å². The topological polar surface area (TPSA) is 73.2 Å². The van der Waals surface area contributed by atoms with Gasteiger partial charge in [0.25, 0.3) is 5.91 Å². The van der Waals surface area contributed by atoms with Gasteiger partial charge in [0.2, 0.25) is 0 Å². The van der Waals surface area contributed by atoms with E-state index in [0.717, 1.165) is 10.9 Å². The second kappa shape index (κ2) is 7.32. The summed E-state index contributed by atoms with van der Waals surface area (Å²) >= 11 is 12.3. The van der Waals surface area contributed by atoms with Crippen LogP contribution in [0.1, 0.15) is 23.0 Å². The predicted molar refractivity (Wildman–Crippen MR) is 87.5 cm³/mol. The van der Waals surface area contributed by atoms with E-state index in [-0.39, 0.29) is 11.6 Å². The van der Waals surface area contributed by atoms with Crippen molar-refractivity contribution >= 4 is 35.1 Å². The van der Waals surface area contributed by atoms with Crippen molar-refractivity contribution < 1.29 is 27.5 Å². The highest BCUT2D eigenvalue weighted by Gasteiger charge is 2.47. The molecule has 2 unspecified atom stereocenters. The van der Waals surface area contributed by atoms with E-state index in [0.29, 0.717) is 0 Å². The highest BCUT2D eigenvalue weighted by molar-refractivity contribution is 6.35. The Kier molecular flexibility index (Phi) is 5.72. The molecular weight excluding hydrogens is 398 g/mol. The fourth-order valence-electron chi connectivity index (χ4n) is 2.40. The Hall–Kier alpha value is -2.00. The van der Waals surface area contributed by atoms with Crippen LogP contribution >= 0.6 is 23.2 Å². The average Bonchev–Trinajstić information content (AvgIpc) is 2.89. The Bertz CT molecular complexity index is 789. The van der Waals surface area contributed by atoms with Crippen molar-refractivity contribution in [3.05, 3.63) is 40.7 Å². The van der Waals surface area contributed by atoms with Crippen LogP contribution in [0, 0.1) is 5.92 Å². The molecule has 0 spiro atoms. The molecule has 0 bridgehead atoms. The molecule has 6 nitrogen and oxygen atoms in total. The number of esters is 1. The Morgan fingerprint density at radius 2 is 2.12 bits per heavy atom. The number of alkyl halides is 4. The van der Waals surface area contributed by atoms with E-state index in [1.165, 1.54) is 25.3 Å². The molecule has 0 saturated heterocycles. The number of allylic oxidation sites excluding steroid dienone is 2. The Morgan fingerprint density at radius 1 is 1.46 bits per heavy atom. The average molecular weight is 412 g/mol. The van der Waals surface area contributed by atoms with Crippen LogP contribution in [-0.4, -0.2) is 33.3 Å². The van der Waals surface area contributed by atoms with Crippen LogP contribution in [0.3, 0.4) is 0 Å². The van der Waals surface area contributed by atoms with Crippen molar-refractivity contribution in [3.63, 3.8) is 0 Å². The molecule has 26 heavy (non-hydrogen) atoms. The van der Waals surface area contributed by atoms with Gasteiger partial charge in [-0.3, -0.25) is 14.3 Å². The van der Waals surface area contributed by atoms with Gasteiger partial charge in [-0.25, -0.2) is 0 Å². The largest absolute Gasteiger partial charge is 0.465 e. The van der Waals surface area contributed by atoms with Crippen LogP contribution in [0.4, 0.5) is 13.2 Å². The zero-order valence-corrected chi connectivity index (χ0v) is 15.1. The van der Waals surface area contributed by atoms with Crippen LogP contribution in [0.5, 0.6) is 0 Å². The quantitative estimate of drug-likeness (QED) is 0.469. The molecule has 1 aliphatic rings. The van der Waals surface area contributed by atoms with Gasteiger partial charge in [-0.15, -0.1) is 0 Å². The first-order valence-corrected chi connectivity index (χ1v) is 8.09. The minimum absolute atomic E-state index is 0.0246. The summed E-state index contributed by atoms with van der Waals surface area (Å²) in [5.74, 6) is -3.30. The maximum Gasteiger partial charge on any atom is 0.435 e. The van der Waals surface area contributed by atoms with Crippen molar-refractivity contribution in [1.29, 1.82) is 0 Å². The number of carbonyl (C=O) groups excluding carboxylic acids is 2. The summed E-state index contributed by atoms with van der Waals surface area (Å²) in [5, 5.41) is 5.45. The van der Waals surface area contributed by atoms with Gasteiger partial charge in [-0.1, -0.05) is 29.3 Å². The molecule has 0 radical (unpaired) electrons. The molecule has 1 heterocycles. The molecule has 1 aliphatic carbocycles. The van der Waals surface area contributed by atoms with E-state index >= 15 is 0 Å². The SMILES string of the molecule is CCOC(=O)C1C(Cl)=CC=CC1(Cl)NC(=O)c1cn(C)nc1C(F)(F)F. The molecule has 11 heteroatoms. The summed E-state index contributed by atoms with van der Waals surface area (Å²) in [6, 6.07) is 0. The van der Waals surface area contributed by atoms with Crippen LogP contribution in [0.2, 0.25) is 0 Å². The predicted octanol–water partition coefficient (Wildman–Crippen LogP) is 2.98. The number of rotatable bonds is 4. The third-order valence-corrected chi connectivity index (χ3v) is 4.24. The lowest BCUT2D eigenvalue weighted by Gasteiger charge is -2.33. The number of nitrogens with one attached hydrogen (secondary N) is 1. The van der Waals surface area contributed by atoms with Crippen molar-refractivity contribution in [1.82, 2.24) is 15.1 Å². The van der Waals surface area contributed by atoms with Crippen LogP contribution in [0.15, 0.2) is 29.5 Å². The maximum absolute atomic E-state index is 13.1. The van der Waals surface area contributed by atoms with E-state index in [1.807, 2.05) is 0 Å². The minimum atomic E-state index is -4.84. The number of amides is 1.